The molecule has 100 valence electrons. The first kappa shape index (κ1) is 14.0. The van der Waals surface area contributed by atoms with Crippen molar-refractivity contribution in [3.63, 3.8) is 0 Å². The standard InChI is InChI=1S/C14H11BrF2O2/c1-8(18)10-3-2-4-12(17)14(10)19-13-7-9(16)5-6-11(13)15/h2-8,18H,1H3/t8-/m1/s1. The zero-order valence-electron chi connectivity index (χ0n) is 10.0. The summed E-state index contributed by atoms with van der Waals surface area (Å²) in [6.07, 6.45) is -0.891. The molecule has 1 atom stereocenters. The van der Waals surface area contributed by atoms with Crippen molar-refractivity contribution in [3.05, 3.63) is 58.1 Å². The summed E-state index contributed by atoms with van der Waals surface area (Å²) in [6.45, 7) is 1.50. The van der Waals surface area contributed by atoms with Gasteiger partial charge in [-0.25, -0.2) is 8.78 Å². The molecular formula is C14H11BrF2O2. The van der Waals surface area contributed by atoms with Crippen LogP contribution < -0.4 is 4.74 Å². The largest absolute Gasteiger partial charge is 0.453 e. The van der Waals surface area contributed by atoms with Crippen LogP contribution in [0.2, 0.25) is 0 Å². The second-order valence-corrected chi connectivity index (χ2v) is 4.87. The number of benzene rings is 2. The highest BCUT2D eigenvalue weighted by Gasteiger charge is 2.16. The van der Waals surface area contributed by atoms with Crippen molar-refractivity contribution in [2.75, 3.05) is 0 Å². The van der Waals surface area contributed by atoms with Crippen LogP contribution in [0.4, 0.5) is 8.78 Å². The van der Waals surface area contributed by atoms with Gasteiger partial charge in [0.15, 0.2) is 11.6 Å². The average Bonchev–Trinajstić information content (AvgIpc) is 2.35. The molecule has 5 heteroatoms. The van der Waals surface area contributed by atoms with Gasteiger partial charge in [0, 0.05) is 11.6 Å². The fourth-order valence-electron chi connectivity index (χ4n) is 1.63. The van der Waals surface area contributed by atoms with Crippen LogP contribution in [0.3, 0.4) is 0 Å². The lowest BCUT2D eigenvalue weighted by Crippen LogP contribution is -1.99. The number of aliphatic hydroxyl groups is 1. The third-order valence-electron chi connectivity index (χ3n) is 2.55. The molecule has 0 fully saturated rings. The number of halogens is 3. The number of aliphatic hydroxyl groups excluding tert-OH is 1. The minimum Gasteiger partial charge on any atom is -0.453 e. The topological polar surface area (TPSA) is 29.5 Å². The molecule has 0 aromatic heterocycles. The molecule has 19 heavy (non-hydrogen) atoms. The highest BCUT2D eigenvalue weighted by atomic mass is 79.9. The molecule has 2 aromatic carbocycles. The van der Waals surface area contributed by atoms with Crippen LogP contribution in [0.5, 0.6) is 11.5 Å². The summed E-state index contributed by atoms with van der Waals surface area (Å²) < 4.78 is 32.8. The molecule has 0 spiro atoms. The molecule has 0 heterocycles. The summed E-state index contributed by atoms with van der Waals surface area (Å²) in [4.78, 5) is 0. The lowest BCUT2D eigenvalue weighted by Gasteiger charge is -2.14. The van der Waals surface area contributed by atoms with E-state index in [1.807, 2.05) is 0 Å². The molecule has 1 N–H and O–H groups in total. The van der Waals surface area contributed by atoms with E-state index in [1.165, 1.54) is 31.2 Å². The Labute approximate surface area is 117 Å². The molecular weight excluding hydrogens is 318 g/mol. The second-order valence-electron chi connectivity index (χ2n) is 4.01. The Bertz CT molecular complexity index is 600. The van der Waals surface area contributed by atoms with Crippen molar-refractivity contribution >= 4 is 15.9 Å². The minimum atomic E-state index is -0.891. The molecule has 0 saturated carbocycles. The molecule has 0 radical (unpaired) electrons. The van der Waals surface area contributed by atoms with Crippen LogP contribution >= 0.6 is 15.9 Å². The Balaban J connectivity index is 2.46. The molecule has 2 rings (SSSR count). The van der Waals surface area contributed by atoms with Gasteiger partial charge in [0.25, 0.3) is 0 Å². The van der Waals surface area contributed by atoms with Gasteiger partial charge in [-0.2, -0.15) is 0 Å². The molecule has 2 aromatic rings. The molecule has 0 aliphatic rings. The smallest absolute Gasteiger partial charge is 0.168 e. The molecule has 0 aliphatic carbocycles. The van der Waals surface area contributed by atoms with E-state index in [4.69, 9.17) is 4.74 Å². The minimum absolute atomic E-state index is 0.108. The third kappa shape index (κ3) is 3.11. The van der Waals surface area contributed by atoms with Crippen LogP contribution in [0.25, 0.3) is 0 Å². The maximum Gasteiger partial charge on any atom is 0.168 e. The van der Waals surface area contributed by atoms with Crippen LogP contribution in [0.1, 0.15) is 18.6 Å². The summed E-state index contributed by atoms with van der Waals surface area (Å²) in [5, 5.41) is 9.60. The monoisotopic (exact) mass is 328 g/mol. The Morgan fingerprint density at radius 1 is 1.21 bits per heavy atom. The number of rotatable bonds is 3. The first-order valence-corrected chi connectivity index (χ1v) is 6.37. The normalized spacial score (nSPS) is 12.3. The maximum absolute atomic E-state index is 13.8. The Morgan fingerprint density at radius 2 is 1.95 bits per heavy atom. The van der Waals surface area contributed by atoms with Crippen molar-refractivity contribution in [2.45, 2.75) is 13.0 Å². The van der Waals surface area contributed by atoms with E-state index in [1.54, 1.807) is 6.07 Å². The summed E-state index contributed by atoms with van der Waals surface area (Å²) in [6, 6.07) is 8.11. The fourth-order valence-corrected chi connectivity index (χ4v) is 1.96. The number of hydrogen-bond acceptors (Lipinski definition) is 2. The lowest BCUT2D eigenvalue weighted by atomic mass is 10.1. The Morgan fingerprint density at radius 3 is 2.63 bits per heavy atom. The van der Waals surface area contributed by atoms with E-state index >= 15 is 0 Å². The lowest BCUT2D eigenvalue weighted by molar-refractivity contribution is 0.194. The Hall–Kier alpha value is -1.46. The van der Waals surface area contributed by atoms with Gasteiger partial charge < -0.3 is 9.84 Å². The van der Waals surface area contributed by atoms with E-state index in [2.05, 4.69) is 15.9 Å². The van der Waals surface area contributed by atoms with Crippen molar-refractivity contribution in [3.8, 4) is 11.5 Å². The van der Waals surface area contributed by atoms with Crippen molar-refractivity contribution < 1.29 is 18.6 Å². The van der Waals surface area contributed by atoms with Gasteiger partial charge >= 0.3 is 0 Å². The summed E-state index contributed by atoms with van der Waals surface area (Å²) >= 11 is 3.20. The predicted octanol–water partition coefficient (Wildman–Crippen LogP) is 4.57. The van der Waals surface area contributed by atoms with Crippen LogP contribution in [-0.2, 0) is 0 Å². The second kappa shape index (κ2) is 5.67. The van der Waals surface area contributed by atoms with Crippen molar-refractivity contribution in [1.82, 2.24) is 0 Å². The maximum atomic E-state index is 13.8. The van der Waals surface area contributed by atoms with Gasteiger partial charge in [-0.1, -0.05) is 12.1 Å². The number of ether oxygens (including phenoxy) is 1. The van der Waals surface area contributed by atoms with Crippen LogP contribution in [-0.4, -0.2) is 5.11 Å². The van der Waals surface area contributed by atoms with Gasteiger partial charge in [0.05, 0.1) is 10.6 Å². The van der Waals surface area contributed by atoms with Gasteiger partial charge in [0.2, 0.25) is 0 Å². The average molecular weight is 329 g/mol. The molecule has 0 amide bonds. The number of para-hydroxylation sites is 1. The van der Waals surface area contributed by atoms with E-state index < -0.39 is 17.7 Å². The van der Waals surface area contributed by atoms with Crippen molar-refractivity contribution in [2.24, 2.45) is 0 Å². The predicted molar refractivity (Wildman–Crippen MR) is 71.2 cm³/mol. The van der Waals surface area contributed by atoms with Crippen LogP contribution in [0.15, 0.2) is 40.9 Å². The van der Waals surface area contributed by atoms with Crippen molar-refractivity contribution in [1.29, 1.82) is 0 Å². The molecule has 0 bridgehead atoms. The van der Waals surface area contributed by atoms with Crippen LogP contribution in [0, 0.1) is 11.6 Å². The molecule has 2 nitrogen and oxygen atoms in total. The fraction of sp³-hybridized carbons (Fsp3) is 0.143. The van der Waals surface area contributed by atoms with Gasteiger partial charge in [-0.05, 0) is 41.1 Å². The zero-order valence-corrected chi connectivity index (χ0v) is 11.6. The summed E-state index contributed by atoms with van der Waals surface area (Å²) in [5.74, 6) is -1.07. The summed E-state index contributed by atoms with van der Waals surface area (Å²) in [5.41, 5.74) is 0.302. The highest BCUT2D eigenvalue weighted by molar-refractivity contribution is 9.10. The van der Waals surface area contributed by atoms with E-state index in [0.717, 1.165) is 6.07 Å². The SMILES string of the molecule is C[C@@H](O)c1cccc(F)c1Oc1cc(F)ccc1Br. The van der Waals surface area contributed by atoms with E-state index in [9.17, 15) is 13.9 Å². The molecule has 0 unspecified atom stereocenters. The quantitative estimate of drug-likeness (QED) is 0.894. The van der Waals surface area contributed by atoms with Gasteiger partial charge in [0.1, 0.15) is 11.6 Å². The molecule has 0 saturated heterocycles. The van der Waals surface area contributed by atoms with Gasteiger partial charge in [-0.3, -0.25) is 0 Å². The number of hydrogen-bond donors (Lipinski definition) is 1. The Kier molecular flexibility index (Phi) is 4.17. The third-order valence-corrected chi connectivity index (χ3v) is 3.21. The van der Waals surface area contributed by atoms with Gasteiger partial charge in [-0.15, -0.1) is 0 Å². The summed E-state index contributed by atoms with van der Waals surface area (Å²) in [7, 11) is 0. The first-order valence-electron chi connectivity index (χ1n) is 5.58. The van der Waals surface area contributed by atoms with E-state index in [0.29, 0.717) is 10.0 Å². The highest BCUT2D eigenvalue weighted by Crippen LogP contribution is 2.35. The first-order chi connectivity index (χ1) is 8.99. The zero-order chi connectivity index (χ0) is 14.0. The van der Waals surface area contributed by atoms with E-state index in [-0.39, 0.29) is 11.5 Å². The molecule has 0 aliphatic heterocycles.